The zero-order chi connectivity index (χ0) is 36.9. The largest absolute Gasteiger partial charge is 1.00 e. The van der Waals surface area contributed by atoms with Crippen LogP contribution in [-0.2, 0) is 39.2 Å². The van der Waals surface area contributed by atoms with E-state index in [4.69, 9.17) is 27.0 Å². The molecular formula is C28H54NNa2O17S2-. The molecular weight excluding hydrogens is 732 g/mol. The number of rotatable bonds is 24. The molecule has 0 bridgehead atoms. The minimum Gasteiger partial charge on any atom is -0.726 e. The second kappa shape index (κ2) is 30.2. The summed E-state index contributed by atoms with van der Waals surface area (Å²) in [4.78, 5) is 12.4. The zero-order valence-electron chi connectivity index (χ0n) is 29.2. The van der Waals surface area contributed by atoms with Gasteiger partial charge in [0.1, 0.15) is 30.5 Å². The van der Waals surface area contributed by atoms with Crippen molar-refractivity contribution in [2.45, 2.75) is 152 Å². The molecule has 22 heteroatoms. The van der Waals surface area contributed by atoms with Gasteiger partial charge in [0.05, 0.1) is 12.7 Å². The van der Waals surface area contributed by atoms with Crippen molar-refractivity contribution in [3.05, 3.63) is 6.92 Å². The number of carbonyl (C=O) groups is 1. The molecule has 0 spiro atoms. The maximum absolute atomic E-state index is 12.4. The van der Waals surface area contributed by atoms with Gasteiger partial charge in [-0.25, -0.2) is 16.8 Å². The van der Waals surface area contributed by atoms with Crippen LogP contribution in [0.4, 0.5) is 0 Å². The summed E-state index contributed by atoms with van der Waals surface area (Å²) in [5.41, 5.74) is 0. The van der Waals surface area contributed by atoms with Crippen LogP contribution in [0.2, 0.25) is 0 Å². The number of nitrogens with one attached hydrogen (secondary N) is 1. The molecule has 1 saturated heterocycles. The van der Waals surface area contributed by atoms with Gasteiger partial charge in [0, 0.05) is 6.54 Å². The maximum Gasteiger partial charge on any atom is 1.00 e. The molecule has 1 aliphatic heterocycles. The number of hydrogen-bond acceptors (Lipinski definition) is 16. The average Bonchev–Trinajstić information content (AvgIpc) is 2.98. The van der Waals surface area contributed by atoms with Gasteiger partial charge in [-0.1, -0.05) is 90.4 Å². The van der Waals surface area contributed by atoms with E-state index in [-0.39, 0.29) is 65.7 Å². The van der Waals surface area contributed by atoms with Crippen molar-refractivity contribution in [3.8, 4) is 0 Å². The van der Waals surface area contributed by atoms with Crippen molar-refractivity contribution in [2.75, 3.05) is 13.2 Å². The minimum atomic E-state index is -5.18. The number of ether oxygens (including phenoxy) is 2. The van der Waals surface area contributed by atoms with E-state index in [0.717, 1.165) is 19.3 Å². The Kier molecular flexibility index (Phi) is 33.3. The van der Waals surface area contributed by atoms with Crippen LogP contribution < -0.4 is 64.4 Å². The Bertz CT molecular complexity index is 1070. The van der Waals surface area contributed by atoms with Crippen LogP contribution in [0, 0.1) is 6.92 Å². The summed E-state index contributed by atoms with van der Waals surface area (Å²) in [7, 11) is -10.1. The van der Waals surface area contributed by atoms with Crippen molar-refractivity contribution in [2.24, 2.45) is 0 Å². The number of hydrogen-bond donors (Lipinski definition) is 8. The molecule has 1 rings (SSSR count). The Balaban J connectivity index is -0.00000293. The second-order valence-corrected chi connectivity index (χ2v) is 13.5. The van der Waals surface area contributed by atoms with E-state index in [2.05, 4.69) is 23.3 Å². The van der Waals surface area contributed by atoms with E-state index < -0.39 is 88.4 Å². The molecule has 0 aromatic carbocycles. The summed E-state index contributed by atoms with van der Waals surface area (Å²) in [6.45, 7) is 4.72. The smallest absolute Gasteiger partial charge is 0.726 e. The monoisotopic (exact) mass is 786 g/mol. The number of aliphatic hydroxyl groups excluding tert-OH is 6. The molecule has 1 heterocycles. The molecule has 50 heavy (non-hydrogen) atoms. The summed E-state index contributed by atoms with van der Waals surface area (Å²) in [6.07, 6.45) is -0.709. The fourth-order valence-electron chi connectivity index (χ4n) is 4.84. The third kappa shape index (κ3) is 27.5. The van der Waals surface area contributed by atoms with E-state index in [1.54, 1.807) is 0 Å². The third-order valence-corrected chi connectivity index (χ3v) is 7.90. The van der Waals surface area contributed by atoms with Gasteiger partial charge in [-0.3, -0.25) is 13.5 Å². The van der Waals surface area contributed by atoms with Crippen LogP contribution in [-0.4, -0.2) is 135 Å². The van der Waals surface area contributed by atoms with Crippen LogP contribution in [0.3, 0.4) is 0 Å². The van der Waals surface area contributed by atoms with Crippen LogP contribution >= 0.6 is 0 Å². The Hall–Kier alpha value is 0.890. The predicted octanol–water partition coefficient (Wildman–Crippen LogP) is -6.82. The summed E-state index contributed by atoms with van der Waals surface area (Å²) in [5.74, 6) is -0.941. The quantitative estimate of drug-likeness (QED) is 0.0148. The number of aliphatic hydroxyl groups is 6. The zero-order valence-corrected chi connectivity index (χ0v) is 34.9. The minimum absolute atomic E-state index is 0. The molecule has 0 radical (unpaired) electrons. The third-order valence-electron chi connectivity index (χ3n) is 7.47. The van der Waals surface area contributed by atoms with Crippen molar-refractivity contribution < 1.29 is 139 Å². The molecule has 1 fully saturated rings. The molecule has 8 N–H and O–H groups in total. The first kappa shape index (κ1) is 55.2. The first-order chi connectivity index (χ1) is 22.3. The van der Waals surface area contributed by atoms with Gasteiger partial charge in [-0.2, -0.15) is 0 Å². The van der Waals surface area contributed by atoms with Crippen LogP contribution in [0.25, 0.3) is 0 Å². The molecule has 0 saturated carbocycles. The van der Waals surface area contributed by atoms with Crippen LogP contribution in [0.5, 0.6) is 0 Å². The fraction of sp³-hybridized carbons (Fsp3) is 0.929. The van der Waals surface area contributed by atoms with Crippen molar-refractivity contribution in [1.29, 1.82) is 0 Å². The molecule has 0 aliphatic carbocycles. The summed E-state index contributed by atoms with van der Waals surface area (Å²) >= 11 is 0. The summed E-state index contributed by atoms with van der Waals surface area (Å²) in [6, 6.07) is 0. The van der Waals surface area contributed by atoms with Gasteiger partial charge in [0.15, 0.2) is 12.4 Å². The van der Waals surface area contributed by atoms with Gasteiger partial charge >= 0.3 is 59.1 Å². The van der Waals surface area contributed by atoms with Gasteiger partial charge in [0.2, 0.25) is 20.8 Å². The van der Waals surface area contributed by atoms with Crippen molar-refractivity contribution in [1.82, 2.24) is 5.32 Å². The number of amides is 1. The summed E-state index contributed by atoms with van der Waals surface area (Å²) < 4.78 is 79.5. The van der Waals surface area contributed by atoms with Gasteiger partial charge in [0.25, 0.3) is 5.91 Å². The number of carbonyl (C=O) groups excluding carboxylic acids is 1. The predicted molar refractivity (Wildman–Crippen MR) is 166 cm³/mol. The van der Waals surface area contributed by atoms with Crippen molar-refractivity contribution in [3.63, 3.8) is 0 Å². The van der Waals surface area contributed by atoms with Gasteiger partial charge in [-0.05, 0) is 12.5 Å². The Morgan fingerprint density at radius 2 is 1.22 bits per heavy atom. The van der Waals surface area contributed by atoms with E-state index >= 15 is 0 Å². The molecule has 9 atom stereocenters. The van der Waals surface area contributed by atoms with Gasteiger partial charge < -0.3 is 61.5 Å². The van der Waals surface area contributed by atoms with Gasteiger partial charge in [-0.15, -0.1) is 0 Å². The fourth-order valence-corrected chi connectivity index (χ4v) is 5.14. The normalized spacial score (nSPS) is 23.2. The topological polar surface area (TPSA) is 313 Å². The van der Waals surface area contributed by atoms with Crippen molar-refractivity contribution >= 4 is 26.7 Å². The SMILES string of the molecule is O=S(=O)([O-])O.[CH2-][C@@H](O)[C@@H](O[C@@H]1OC(COS(=O)(=O)[O-])[C@@H](O)[C@H](O)C1O)[C@H](O)[C@@H](O)C(=O)NCCCCCCCCCCCCCCCC.[Na+].[Na+]. The Morgan fingerprint density at radius 1 is 0.800 bits per heavy atom. The van der Waals surface area contributed by atoms with E-state index in [0.29, 0.717) is 6.42 Å². The van der Waals surface area contributed by atoms with Crippen LogP contribution in [0.1, 0.15) is 96.8 Å². The first-order valence-corrected chi connectivity index (χ1v) is 18.8. The van der Waals surface area contributed by atoms with E-state index in [1.807, 2.05) is 0 Å². The second-order valence-electron chi connectivity index (χ2n) is 11.6. The molecule has 0 aromatic rings. The molecule has 0 aromatic heterocycles. The summed E-state index contributed by atoms with van der Waals surface area (Å²) in [5, 5.41) is 63.6. The maximum atomic E-state index is 12.4. The molecule has 288 valence electrons. The molecule has 2 unspecified atom stereocenters. The Morgan fingerprint density at radius 3 is 1.62 bits per heavy atom. The average molecular weight is 787 g/mol. The standard InChI is InChI=1S/C28H54NO13S.2Na.H2O4S/c1-3-4-5-6-7-8-9-10-11-12-13-14-15-16-17-29-27(36)24(34)23(33)26(19(2)30)42-28-25(35)22(32)21(31)20(41-28)18-40-43(37,38)39;;;1-5(2,3)4/h19-26,28,30-35H,2-18H2,1H3,(H,29,36)(H,37,38,39);;;(H2,1,2,3,4)/q-1;2*+1;/p-2/t19-,20?,21-,22+,23-,24-,25?,26-,28+;;;/m1.../s1. The van der Waals surface area contributed by atoms with Crippen LogP contribution in [0.15, 0.2) is 0 Å². The van der Waals surface area contributed by atoms with E-state index in [1.165, 1.54) is 64.2 Å². The Labute approximate surface area is 340 Å². The van der Waals surface area contributed by atoms with E-state index in [9.17, 15) is 48.4 Å². The first-order valence-electron chi connectivity index (χ1n) is 16.1. The molecule has 1 amide bonds. The molecule has 1 aliphatic rings. The molecule has 18 nitrogen and oxygen atoms in total. The number of unbranched alkanes of at least 4 members (excludes halogenated alkanes) is 13.